The van der Waals surface area contributed by atoms with E-state index in [9.17, 15) is 0 Å². The Balaban J connectivity index is 2.13. The molecule has 1 N–H and O–H groups in total. The predicted octanol–water partition coefficient (Wildman–Crippen LogP) is 1.47. The van der Waals surface area contributed by atoms with Crippen molar-refractivity contribution in [3.8, 4) is 0 Å². The van der Waals surface area contributed by atoms with Crippen LogP contribution in [0.1, 0.15) is 33.6 Å². The summed E-state index contributed by atoms with van der Waals surface area (Å²) in [6.07, 6.45) is 2.81. The molecule has 0 heterocycles. The van der Waals surface area contributed by atoms with E-state index in [-0.39, 0.29) is 0 Å². The number of hydrogen-bond donors (Lipinski definition) is 1. The zero-order valence-corrected chi connectivity index (χ0v) is 8.80. The molecular formula is C10H22N2. The Bertz CT molecular complexity index is 130. The summed E-state index contributed by atoms with van der Waals surface area (Å²) >= 11 is 0. The SMILES string of the molecule is CC(C)NCC(C)N(C)C1CC1. The van der Waals surface area contributed by atoms with Crippen LogP contribution in [0.15, 0.2) is 0 Å². The van der Waals surface area contributed by atoms with E-state index in [1.165, 1.54) is 12.8 Å². The lowest BCUT2D eigenvalue weighted by atomic mass is 10.2. The molecule has 12 heavy (non-hydrogen) atoms. The Hall–Kier alpha value is -0.0800. The highest BCUT2D eigenvalue weighted by molar-refractivity contribution is 4.85. The zero-order valence-electron chi connectivity index (χ0n) is 8.80. The van der Waals surface area contributed by atoms with Gasteiger partial charge in [0, 0.05) is 24.7 Å². The Morgan fingerprint density at radius 1 is 1.33 bits per heavy atom. The number of nitrogens with one attached hydrogen (secondary N) is 1. The van der Waals surface area contributed by atoms with Gasteiger partial charge in [-0.3, -0.25) is 4.90 Å². The van der Waals surface area contributed by atoms with Gasteiger partial charge in [-0.25, -0.2) is 0 Å². The van der Waals surface area contributed by atoms with Crippen LogP contribution in [0.25, 0.3) is 0 Å². The standard InChI is InChI=1S/C10H22N2/c1-8(2)11-7-9(3)12(4)10-5-6-10/h8-11H,5-7H2,1-4H3. The molecule has 2 heteroatoms. The van der Waals surface area contributed by atoms with Crippen molar-refractivity contribution >= 4 is 0 Å². The normalized spacial score (nSPS) is 20.5. The molecule has 0 aromatic rings. The molecule has 72 valence electrons. The van der Waals surface area contributed by atoms with E-state index in [0.29, 0.717) is 12.1 Å². The third kappa shape index (κ3) is 3.11. The maximum Gasteiger partial charge on any atom is 0.0192 e. The third-order valence-electron chi connectivity index (χ3n) is 2.64. The summed E-state index contributed by atoms with van der Waals surface area (Å²) in [5.41, 5.74) is 0. The van der Waals surface area contributed by atoms with Gasteiger partial charge in [0.25, 0.3) is 0 Å². The van der Waals surface area contributed by atoms with Gasteiger partial charge in [-0.15, -0.1) is 0 Å². The highest BCUT2D eigenvalue weighted by atomic mass is 15.2. The van der Waals surface area contributed by atoms with E-state index in [4.69, 9.17) is 0 Å². The van der Waals surface area contributed by atoms with Crippen LogP contribution >= 0.6 is 0 Å². The van der Waals surface area contributed by atoms with Gasteiger partial charge < -0.3 is 5.32 Å². The van der Waals surface area contributed by atoms with E-state index < -0.39 is 0 Å². The molecule has 0 aromatic heterocycles. The number of rotatable bonds is 5. The molecule has 0 bridgehead atoms. The van der Waals surface area contributed by atoms with Crippen molar-refractivity contribution in [2.45, 2.75) is 51.7 Å². The van der Waals surface area contributed by atoms with Gasteiger partial charge in [-0.1, -0.05) is 13.8 Å². The van der Waals surface area contributed by atoms with Crippen LogP contribution in [0.3, 0.4) is 0 Å². The molecule has 1 saturated carbocycles. The van der Waals surface area contributed by atoms with Crippen molar-refractivity contribution in [1.29, 1.82) is 0 Å². The molecule has 1 aliphatic carbocycles. The van der Waals surface area contributed by atoms with Crippen LogP contribution in [0, 0.1) is 0 Å². The molecule has 0 radical (unpaired) electrons. The number of nitrogens with zero attached hydrogens (tertiary/aromatic N) is 1. The smallest absolute Gasteiger partial charge is 0.0192 e. The van der Waals surface area contributed by atoms with Crippen LogP contribution in [0.2, 0.25) is 0 Å². The van der Waals surface area contributed by atoms with Crippen LogP contribution < -0.4 is 5.32 Å². The first-order valence-corrected chi connectivity index (χ1v) is 5.06. The monoisotopic (exact) mass is 170 g/mol. The summed E-state index contributed by atoms with van der Waals surface area (Å²) in [4.78, 5) is 2.50. The number of hydrogen-bond acceptors (Lipinski definition) is 2. The maximum absolute atomic E-state index is 3.47. The van der Waals surface area contributed by atoms with Crippen molar-refractivity contribution in [1.82, 2.24) is 10.2 Å². The Kier molecular flexibility index (Phi) is 3.53. The summed E-state index contributed by atoms with van der Waals surface area (Å²) in [7, 11) is 2.24. The molecule has 0 spiro atoms. The van der Waals surface area contributed by atoms with Crippen molar-refractivity contribution in [2.75, 3.05) is 13.6 Å². The van der Waals surface area contributed by atoms with Gasteiger partial charge in [-0.05, 0) is 26.8 Å². The lowest BCUT2D eigenvalue weighted by Gasteiger charge is -2.25. The van der Waals surface area contributed by atoms with Crippen molar-refractivity contribution < 1.29 is 0 Å². The first-order chi connectivity index (χ1) is 5.61. The lowest BCUT2D eigenvalue weighted by Crippen LogP contribution is -2.41. The molecule has 0 aliphatic heterocycles. The van der Waals surface area contributed by atoms with Gasteiger partial charge in [0.2, 0.25) is 0 Å². The van der Waals surface area contributed by atoms with Crippen LogP contribution in [-0.2, 0) is 0 Å². The second-order valence-corrected chi connectivity index (χ2v) is 4.31. The van der Waals surface area contributed by atoms with Crippen LogP contribution in [0.5, 0.6) is 0 Å². The third-order valence-corrected chi connectivity index (χ3v) is 2.64. The van der Waals surface area contributed by atoms with E-state index in [0.717, 1.165) is 12.6 Å². The van der Waals surface area contributed by atoms with Crippen LogP contribution in [-0.4, -0.2) is 36.6 Å². The predicted molar refractivity (Wildman–Crippen MR) is 53.4 cm³/mol. The summed E-state index contributed by atoms with van der Waals surface area (Å²) in [6, 6.07) is 2.17. The van der Waals surface area contributed by atoms with Crippen molar-refractivity contribution in [2.24, 2.45) is 0 Å². The van der Waals surface area contributed by atoms with E-state index >= 15 is 0 Å². The van der Waals surface area contributed by atoms with E-state index in [2.05, 4.69) is 38.0 Å². The van der Waals surface area contributed by atoms with Gasteiger partial charge in [0.15, 0.2) is 0 Å². The molecule has 1 atom stereocenters. The fourth-order valence-electron chi connectivity index (χ4n) is 1.39. The fourth-order valence-corrected chi connectivity index (χ4v) is 1.39. The second-order valence-electron chi connectivity index (χ2n) is 4.31. The summed E-state index contributed by atoms with van der Waals surface area (Å²) in [6.45, 7) is 7.81. The molecule has 1 aliphatic rings. The minimum atomic E-state index is 0.611. The molecule has 2 nitrogen and oxygen atoms in total. The maximum atomic E-state index is 3.47. The summed E-state index contributed by atoms with van der Waals surface area (Å²) < 4.78 is 0. The molecule has 0 aromatic carbocycles. The highest BCUT2D eigenvalue weighted by Crippen LogP contribution is 2.26. The first-order valence-electron chi connectivity index (χ1n) is 5.06. The van der Waals surface area contributed by atoms with Gasteiger partial charge in [-0.2, -0.15) is 0 Å². The number of likely N-dealkylation sites (N-methyl/N-ethyl adjacent to an activating group) is 1. The fraction of sp³-hybridized carbons (Fsp3) is 1.00. The molecule has 1 rings (SSSR count). The molecule has 0 saturated heterocycles. The minimum absolute atomic E-state index is 0.611. The largest absolute Gasteiger partial charge is 0.313 e. The molecule has 1 unspecified atom stereocenters. The average Bonchev–Trinajstić information content (AvgIpc) is 2.80. The summed E-state index contributed by atoms with van der Waals surface area (Å²) in [5, 5.41) is 3.47. The highest BCUT2D eigenvalue weighted by Gasteiger charge is 2.28. The van der Waals surface area contributed by atoms with Gasteiger partial charge in [0.05, 0.1) is 0 Å². The Morgan fingerprint density at radius 3 is 2.33 bits per heavy atom. The quantitative estimate of drug-likeness (QED) is 0.672. The van der Waals surface area contributed by atoms with Crippen LogP contribution in [0.4, 0.5) is 0 Å². The molecule has 0 amide bonds. The van der Waals surface area contributed by atoms with Crippen molar-refractivity contribution in [3.05, 3.63) is 0 Å². The average molecular weight is 170 g/mol. The minimum Gasteiger partial charge on any atom is -0.313 e. The molecular weight excluding hydrogens is 148 g/mol. The summed E-state index contributed by atoms with van der Waals surface area (Å²) in [5.74, 6) is 0. The van der Waals surface area contributed by atoms with E-state index in [1.54, 1.807) is 0 Å². The van der Waals surface area contributed by atoms with Crippen molar-refractivity contribution in [3.63, 3.8) is 0 Å². The zero-order chi connectivity index (χ0) is 9.14. The Morgan fingerprint density at radius 2 is 1.92 bits per heavy atom. The lowest BCUT2D eigenvalue weighted by molar-refractivity contribution is 0.238. The van der Waals surface area contributed by atoms with E-state index in [1.807, 2.05) is 0 Å². The second kappa shape index (κ2) is 4.24. The van der Waals surface area contributed by atoms with Gasteiger partial charge >= 0.3 is 0 Å². The topological polar surface area (TPSA) is 15.3 Å². The van der Waals surface area contributed by atoms with Gasteiger partial charge in [0.1, 0.15) is 0 Å². The molecule has 1 fully saturated rings. The Labute approximate surface area is 76.3 Å². The first kappa shape index (κ1) is 10.0.